The van der Waals surface area contributed by atoms with Crippen molar-refractivity contribution in [3.63, 3.8) is 0 Å². The van der Waals surface area contributed by atoms with Gasteiger partial charge in [-0.1, -0.05) is 18.2 Å². The van der Waals surface area contributed by atoms with Crippen molar-refractivity contribution in [2.45, 2.75) is 18.9 Å². The molecule has 1 saturated heterocycles. The Labute approximate surface area is 135 Å². The van der Waals surface area contributed by atoms with E-state index in [1.807, 2.05) is 11.3 Å². The monoisotopic (exact) mass is 327 g/mol. The highest BCUT2D eigenvalue weighted by molar-refractivity contribution is 7.19. The van der Waals surface area contributed by atoms with Gasteiger partial charge in [0.15, 0.2) is 0 Å². The maximum absolute atomic E-state index is 9.17. The number of hydrogen-bond acceptors (Lipinski definition) is 4. The molecule has 2 aromatic rings. The lowest BCUT2D eigenvalue weighted by atomic mass is 10.1. The summed E-state index contributed by atoms with van der Waals surface area (Å²) in [6, 6.07) is 10.8. The van der Waals surface area contributed by atoms with Gasteiger partial charge in [-0.05, 0) is 23.9 Å². The van der Waals surface area contributed by atoms with Crippen molar-refractivity contribution in [2.75, 3.05) is 32.8 Å². The van der Waals surface area contributed by atoms with Crippen LogP contribution in [0.25, 0.3) is 10.1 Å². The Balaban J connectivity index is 0.00000161. The molecule has 1 N–H and O–H groups in total. The number of β-amino-alcohol motifs (C(OH)–C–C–N with tert-alkyl or cyclic N) is 1. The van der Waals surface area contributed by atoms with Gasteiger partial charge < -0.3 is 9.84 Å². The van der Waals surface area contributed by atoms with Gasteiger partial charge >= 0.3 is 0 Å². The molecule has 116 valence electrons. The summed E-state index contributed by atoms with van der Waals surface area (Å²) in [4.78, 5) is 3.66. The number of thiophene rings is 1. The van der Waals surface area contributed by atoms with E-state index in [0.29, 0.717) is 0 Å². The Bertz CT molecular complexity index is 521. The van der Waals surface area contributed by atoms with Crippen molar-refractivity contribution in [1.82, 2.24) is 4.90 Å². The van der Waals surface area contributed by atoms with Gasteiger partial charge in [-0.2, -0.15) is 0 Å². The molecule has 3 rings (SSSR count). The summed E-state index contributed by atoms with van der Waals surface area (Å²) in [6.45, 7) is 4.33. The number of rotatable bonds is 7. The maximum Gasteiger partial charge on any atom is 0.0793 e. The van der Waals surface area contributed by atoms with E-state index in [-0.39, 0.29) is 18.5 Å². The molecule has 0 spiro atoms. The third-order valence-electron chi connectivity index (χ3n) is 3.67. The normalized spacial score (nSPS) is 15.9. The molecule has 0 saturated carbocycles. The highest BCUT2D eigenvalue weighted by atomic mass is 35.5. The molecule has 5 heteroatoms. The fourth-order valence-electron chi connectivity index (χ4n) is 2.55. The number of aliphatic hydroxyl groups is 1. The van der Waals surface area contributed by atoms with Crippen molar-refractivity contribution >= 4 is 33.8 Å². The fourth-order valence-corrected chi connectivity index (χ4v) is 3.60. The summed E-state index contributed by atoms with van der Waals surface area (Å²) in [6.07, 6.45) is 1.96. The van der Waals surface area contributed by atoms with E-state index >= 15 is 0 Å². The SMILES string of the molecule is Cl.OC1CN(CCCOCCc2cc3ccccc3s2)C1. The molecule has 2 heterocycles. The van der Waals surface area contributed by atoms with Crippen LogP contribution in [0.2, 0.25) is 0 Å². The number of nitrogens with zero attached hydrogens (tertiary/aromatic N) is 1. The van der Waals surface area contributed by atoms with Gasteiger partial charge in [-0.15, -0.1) is 23.7 Å². The van der Waals surface area contributed by atoms with Crippen LogP contribution in [0.3, 0.4) is 0 Å². The van der Waals surface area contributed by atoms with Gasteiger partial charge in [0.25, 0.3) is 0 Å². The number of fused-ring (bicyclic) bond motifs is 1. The van der Waals surface area contributed by atoms with Crippen molar-refractivity contribution in [1.29, 1.82) is 0 Å². The number of halogens is 1. The maximum atomic E-state index is 9.17. The molecule has 3 nitrogen and oxygen atoms in total. The molecule has 0 bridgehead atoms. The Kier molecular flexibility index (Phi) is 6.45. The highest BCUT2D eigenvalue weighted by Crippen LogP contribution is 2.25. The second-order valence-corrected chi connectivity index (χ2v) is 6.55. The minimum atomic E-state index is -0.0936. The van der Waals surface area contributed by atoms with E-state index in [1.54, 1.807) is 0 Å². The molecule has 1 aromatic heterocycles. The predicted octanol–water partition coefficient (Wildman–Crippen LogP) is 2.95. The standard InChI is InChI=1S/C16H21NO2S.ClH/c18-14-11-17(12-14)7-3-8-19-9-6-15-10-13-4-1-2-5-16(13)20-15;/h1-2,4-5,10,14,18H,3,6-9,11-12H2;1H. The minimum absolute atomic E-state index is 0. The predicted molar refractivity (Wildman–Crippen MR) is 90.7 cm³/mol. The second kappa shape index (κ2) is 8.11. The van der Waals surface area contributed by atoms with Crippen LogP contribution in [0.4, 0.5) is 0 Å². The van der Waals surface area contributed by atoms with Crippen LogP contribution >= 0.6 is 23.7 Å². The first-order valence-corrected chi connectivity index (χ1v) is 8.08. The molecule has 1 aliphatic heterocycles. The first-order chi connectivity index (χ1) is 9.81. The molecular formula is C16H22ClNO2S. The van der Waals surface area contributed by atoms with Crippen LogP contribution in [0.15, 0.2) is 30.3 Å². The Morgan fingerprint density at radius 2 is 2.05 bits per heavy atom. The second-order valence-electron chi connectivity index (χ2n) is 5.38. The summed E-state index contributed by atoms with van der Waals surface area (Å²) in [7, 11) is 0. The lowest BCUT2D eigenvalue weighted by Gasteiger charge is -2.35. The van der Waals surface area contributed by atoms with Gasteiger partial charge in [-0.3, -0.25) is 4.90 Å². The third kappa shape index (κ3) is 4.66. The van der Waals surface area contributed by atoms with Gasteiger partial charge in [0.2, 0.25) is 0 Å². The van der Waals surface area contributed by atoms with Crippen LogP contribution in [-0.4, -0.2) is 49.0 Å². The largest absolute Gasteiger partial charge is 0.390 e. The molecular weight excluding hydrogens is 306 g/mol. The molecule has 0 amide bonds. The Morgan fingerprint density at radius 3 is 2.81 bits per heavy atom. The minimum Gasteiger partial charge on any atom is -0.390 e. The van der Waals surface area contributed by atoms with Gasteiger partial charge in [0.1, 0.15) is 0 Å². The zero-order valence-electron chi connectivity index (χ0n) is 12.0. The average molecular weight is 328 g/mol. The highest BCUT2D eigenvalue weighted by Gasteiger charge is 2.22. The molecule has 21 heavy (non-hydrogen) atoms. The fraction of sp³-hybridized carbons (Fsp3) is 0.500. The summed E-state index contributed by atoms with van der Waals surface area (Å²) in [5.41, 5.74) is 0. The summed E-state index contributed by atoms with van der Waals surface area (Å²) in [5.74, 6) is 0. The van der Waals surface area contributed by atoms with Crippen molar-refractivity contribution in [3.05, 3.63) is 35.2 Å². The average Bonchev–Trinajstić information content (AvgIpc) is 2.83. The van der Waals surface area contributed by atoms with E-state index in [2.05, 4.69) is 35.2 Å². The lowest BCUT2D eigenvalue weighted by molar-refractivity contribution is -0.00303. The number of hydrogen-bond donors (Lipinski definition) is 1. The van der Waals surface area contributed by atoms with Crippen molar-refractivity contribution in [2.24, 2.45) is 0 Å². The van der Waals surface area contributed by atoms with E-state index in [9.17, 15) is 5.11 Å². The number of benzene rings is 1. The molecule has 0 aliphatic carbocycles. The first-order valence-electron chi connectivity index (χ1n) is 7.27. The molecule has 1 aromatic carbocycles. The van der Waals surface area contributed by atoms with Gasteiger partial charge in [0, 0.05) is 42.2 Å². The number of aliphatic hydroxyl groups excluding tert-OH is 1. The Hall–Kier alpha value is -0.650. The molecule has 1 fully saturated rings. The molecule has 1 aliphatic rings. The molecule has 0 radical (unpaired) electrons. The Morgan fingerprint density at radius 1 is 1.24 bits per heavy atom. The van der Waals surface area contributed by atoms with Gasteiger partial charge in [-0.25, -0.2) is 0 Å². The smallest absolute Gasteiger partial charge is 0.0793 e. The molecule has 0 unspecified atom stereocenters. The summed E-state index contributed by atoms with van der Waals surface area (Å²) in [5, 5.41) is 10.5. The van der Waals surface area contributed by atoms with Crippen LogP contribution < -0.4 is 0 Å². The summed E-state index contributed by atoms with van der Waals surface area (Å²) < 4.78 is 7.06. The summed E-state index contributed by atoms with van der Waals surface area (Å²) >= 11 is 1.86. The van der Waals surface area contributed by atoms with E-state index in [0.717, 1.165) is 45.7 Å². The van der Waals surface area contributed by atoms with Crippen molar-refractivity contribution < 1.29 is 9.84 Å². The van der Waals surface area contributed by atoms with E-state index in [4.69, 9.17) is 4.74 Å². The van der Waals surface area contributed by atoms with Crippen molar-refractivity contribution in [3.8, 4) is 0 Å². The van der Waals surface area contributed by atoms with E-state index in [1.165, 1.54) is 15.0 Å². The zero-order valence-corrected chi connectivity index (χ0v) is 13.7. The zero-order chi connectivity index (χ0) is 13.8. The topological polar surface area (TPSA) is 32.7 Å². The van der Waals surface area contributed by atoms with Crippen LogP contribution in [0.5, 0.6) is 0 Å². The molecule has 0 atom stereocenters. The number of ether oxygens (including phenoxy) is 1. The van der Waals surface area contributed by atoms with E-state index < -0.39 is 0 Å². The number of likely N-dealkylation sites (tertiary alicyclic amines) is 1. The quantitative estimate of drug-likeness (QED) is 0.794. The van der Waals surface area contributed by atoms with Crippen LogP contribution in [-0.2, 0) is 11.2 Å². The van der Waals surface area contributed by atoms with Gasteiger partial charge in [0.05, 0.1) is 12.7 Å². The first kappa shape index (κ1) is 16.7. The third-order valence-corrected chi connectivity index (χ3v) is 4.85. The van der Waals surface area contributed by atoms with Crippen LogP contribution in [0, 0.1) is 0 Å². The lowest BCUT2D eigenvalue weighted by Crippen LogP contribution is -2.50. The van der Waals surface area contributed by atoms with Crippen LogP contribution in [0.1, 0.15) is 11.3 Å².